The molecule has 0 unspecified atom stereocenters. The third-order valence-corrected chi connectivity index (χ3v) is 4.24. The minimum atomic E-state index is -0.642. The van der Waals surface area contributed by atoms with Crippen molar-refractivity contribution in [1.82, 2.24) is 24.5 Å². The van der Waals surface area contributed by atoms with Crippen molar-refractivity contribution in [3.63, 3.8) is 0 Å². The van der Waals surface area contributed by atoms with Gasteiger partial charge in [0.25, 0.3) is 0 Å². The molecular weight excluding hydrogens is 330 g/mol. The van der Waals surface area contributed by atoms with Gasteiger partial charge in [-0.25, -0.2) is 9.48 Å². The third kappa shape index (κ3) is 2.57. The van der Waals surface area contributed by atoms with Crippen LogP contribution in [0.2, 0.25) is 0 Å². The van der Waals surface area contributed by atoms with E-state index in [1.165, 1.54) is 0 Å². The Balaban J connectivity index is 1.92. The highest BCUT2D eigenvalue weighted by atomic mass is 16.2. The van der Waals surface area contributed by atoms with E-state index in [-0.39, 0.29) is 0 Å². The van der Waals surface area contributed by atoms with Crippen molar-refractivity contribution < 1.29 is 4.79 Å². The summed E-state index contributed by atoms with van der Waals surface area (Å²) in [5.41, 5.74) is 10.2. The minimum Gasteiger partial charge on any atom is -0.351 e. The second-order valence-electron chi connectivity index (χ2n) is 5.96. The molecule has 3 N–H and O–H groups in total. The number of rotatable bonds is 3. The van der Waals surface area contributed by atoms with Crippen LogP contribution in [0.25, 0.3) is 28.0 Å². The number of amides is 2. The van der Waals surface area contributed by atoms with E-state index in [1.807, 2.05) is 50.4 Å². The van der Waals surface area contributed by atoms with Gasteiger partial charge in [0.1, 0.15) is 11.3 Å². The Morgan fingerprint density at radius 2 is 1.96 bits per heavy atom. The summed E-state index contributed by atoms with van der Waals surface area (Å²) in [4.78, 5) is 15.9. The summed E-state index contributed by atoms with van der Waals surface area (Å²) in [6.07, 6.45) is 3.47. The van der Waals surface area contributed by atoms with Crippen LogP contribution in [0, 0.1) is 6.92 Å². The van der Waals surface area contributed by atoms with Crippen LogP contribution in [-0.2, 0) is 7.05 Å². The molecule has 4 rings (SSSR count). The Morgan fingerprint density at radius 1 is 1.19 bits per heavy atom. The fourth-order valence-corrected chi connectivity index (χ4v) is 2.95. The SMILES string of the molecule is Cc1c(-c2cnc3cnn(C)c3c2)nn(-c2ccccc2)c1NC(N)=O. The number of nitrogens with two attached hydrogens (primary N) is 1. The summed E-state index contributed by atoms with van der Waals surface area (Å²) in [6, 6.07) is 10.9. The minimum absolute atomic E-state index is 0.531. The quantitative estimate of drug-likeness (QED) is 0.594. The maximum atomic E-state index is 11.5. The predicted octanol–water partition coefficient (Wildman–Crippen LogP) is 2.62. The van der Waals surface area contributed by atoms with Crippen LogP contribution >= 0.6 is 0 Å². The molecule has 26 heavy (non-hydrogen) atoms. The summed E-state index contributed by atoms with van der Waals surface area (Å²) < 4.78 is 3.43. The number of hydrogen-bond acceptors (Lipinski definition) is 4. The zero-order chi connectivity index (χ0) is 18.3. The second kappa shape index (κ2) is 5.99. The number of carbonyl (C=O) groups excluding carboxylic acids is 1. The number of para-hydroxylation sites is 1. The predicted molar refractivity (Wildman–Crippen MR) is 99.0 cm³/mol. The van der Waals surface area contributed by atoms with Gasteiger partial charge in [-0.1, -0.05) is 18.2 Å². The van der Waals surface area contributed by atoms with E-state index in [0.717, 1.165) is 27.8 Å². The van der Waals surface area contributed by atoms with E-state index in [1.54, 1.807) is 21.8 Å². The largest absolute Gasteiger partial charge is 0.351 e. The van der Waals surface area contributed by atoms with Gasteiger partial charge in [0.05, 0.1) is 23.1 Å². The standard InChI is InChI=1S/C18H17N7O/c1-11-16(12-8-15-14(20-9-12)10-21-24(15)2)23-25(17(11)22-18(19)26)13-6-4-3-5-7-13/h3-10H,1-2H3,(H3,19,22,26). The normalized spacial score (nSPS) is 11.0. The molecule has 4 aromatic rings. The number of anilines is 1. The van der Waals surface area contributed by atoms with Gasteiger partial charge >= 0.3 is 6.03 Å². The van der Waals surface area contributed by atoms with Crippen LogP contribution in [0.1, 0.15) is 5.56 Å². The van der Waals surface area contributed by atoms with Gasteiger partial charge in [0.15, 0.2) is 0 Å². The highest BCUT2D eigenvalue weighted by Gasteiger charge is 2.19. The first-order chi connectivity index (χ1) is 12.5. The van der Waals surface area contributed by atoms with Gasteiger partial charge in [-0.15, -0.1) is 0 Å². The molecule has 0 saturated heterocycles. The molecule has 3 aromatic heterocycles. The lowest BCUT2D eigenvalue weighted by molar-refractivity contribution is 0.259. The molecule has 0 bridgehead atoms. The highest BCUT2D eigenvalue weighted by molar-refractivity contribution is 5.90. The van der Waals surface area contributed by atoms with Gasteiger partial charge in [0, 0.05) is 24.4 Å². The summed E-state index contributed by atoms with van der Waals surface area (Å²) in [7, 11) is 1.86. The lowest BCUT2D eigenvalue weighted by Gasteiger charge is -2.07. The lowest BCUT2D eigenvalue weighted by atomic mass is 10.1. The molecule has 3 heterocycles. The average Bonchev–Trinajstić information content (AvgIpc) is 3.16. The van der Waals surface area contributed by atoms with Crippen molar-refractivity contribution in [1.29, 1.82) is 0 Å². The third-order valence-electron chi connectivity index (χ3n) is 4.24. The number of pyridine rings is 1. The van der Waals surface area contributed by atoms with Gasteiger partial charge in [-0.05, 0) is 25.1 Å². The summed E-state index contributed by atoms with van der Waals surface area (Å²) >= 11 is 0. The molecule has 8 heteroatoms. The molecule has 0 radical (unpaired) electrons. The first-order valence-electron chi connectivity index (χ1n) is 8.04. The second-order valence-corrected chi connectivity index (χ2v) is 5.96. The first kappa shape index (κ1) is 15.8. The number of benzene rings is 1. The molecule has 0 fully saturated rings. The van der Waals surface area contributed by atoms with Crippen molar-refractivity contribution >= 4 is 22.9 Å². The molecule has 0 atom stereocenters. The zero-order valence-electron chi connectivity index (χ0n) is 14.3. The molecule has 130 valence electrons. The van der Waals surface area contributed by atoms with Gasteiger partial charge in [0.2, 0.25) is 0 Å². The van der Waals surface area contributed by atoms with Crippen LogP contribution < -0.4 is 11.1 Å². The molecule has 0 aliphatic carbocycles. The highest BCUT2D eigenvalue weighted by Crippen LogP contribution is 2.31. The summed E-state index contributed by atoms with van der Waals surface area (Å²) in [5.74, 6) is 0.531. The number of nitrogens with one attached hydrogen (secondary N) is 1. The maximum Gasteiger partial charge on any atom is 0.317 e. The fourth-order valence-electron chi connectivity index (χ4n) is 2.95. The number of fused-ring (bicyclic) bond motifs is 1. The molecule has 8 nitrogen and oxygen atoms in total. The van der Waals surface area contributed by atoms with E-state index in [4.69, 9.17) is 10.8 Å². The van der Waals surface area contributed by atoms with Crippen molar-refractivity contribution in [3.05, 3.63) is 54.4 Å². The Labute approximate surface area is 149 Å². The van der Waals surface area contributed by atoms with Gasteiger partial charge in [-0.3, -0.25) is 15.0 Å². The average molecular weight is 347 g/mol. The zero-order valence-corrected chi connectivity index (χ0v) is 14.3. The Kier molecular flexibility index (Phi) is 3.65. The number of hydrogen-bond donors (Lipinski definition) is 2. The molecule has 0 aliphatic heterocycles. The Bertz CT molecular complexity index is 1110. The summed E-state index contributed by atoms with van der Waals surface area (Å²) in [6.45, 7) is 1.89. The number of aryl methyl sites for hydroxylation is 1. The van der Waals surface area contributed by atoms with Crippen LogP contribution in [0.4, 0.5) is 10.6 Å². The molecular formula is C18H17N7O. The number of urea groups is 1. The molecule has 0 spiro atoms. The Hall–Kier alpha value is -3.68. The van der Waals surface area contributed by atoms with E-state index in [2.05, 4.69) is 15.4 Å². The number of primary amides is 1. The maximum absolute atomic E-state index is 11.5. The van der Waals surface area contributed by atoms with Crippen molar-refractivity contribution in [2.24, 2.45) is 12.8 Å². The van der Waals surface area contributed by atoms with Crippen molar-refractivity contribution in [2.45, 2.75) is 6.92 Å². The van der Waals surface area contributed by atoms with E-state index >= 15 is 0 Å². The number of aromatic nitrogens is 5. The number of carbonyl (C=O) groups is 1. The molecule has 1 aromatic carbocycles. The molecule has 0 aliphatic rings. The van der Waals surface area contributed by atoms with Crippen molar-refractivity contribution in [2.75, 3.05) is 5.32 Å². The fraction of sp³-hybridized carbons (Fsp3) is 0.111. The van der Waals surface area contributed by atoms with E-state index < -0.39 is 6.03 Å². The summed E-state index contributed by atoms with van der Waals surface area (Å²) in [5, 5.41) is 11.6. The van der Waals surface area contributed by atoms with Crippen LogP contribution in [0.15, 0.2) is 48.8 Å². The number of nitrogens with zero attached hydrogens (tertiary/aromatic N) is 5. The van der Waals surface area contributed by atoms with Crippen LogP contribution in [-0.4, -0.2) is 30.6 Å². The van der Waals surface area contributed by atoms with Gasteiger partial charge < -0.3 is 5.73 Å². The Morgan fingerprint density at radius 3 is 2.69 bits per heavy atom. The smallest absolute Gasteiger partial charge is 0.317 e. The monoisotopic (exact) mass is 347 g/mol. The lowest BCUT2D eigenvalue weighted by Crippen LogP contribution is -2.21. The topological polar surface area (TPSA) is 104 Å². The molecule has 2 amide bonds. The van der Waals surface area contributed by atoms with Crippen LogP contribution in [0.3, 0.4) is 0 Å². The molecule has 0 saturated carbocycles. The van der Waals surface area contributed by atoms with Crippen molar-refractivity contribution in [3.8, 4) is 16.9 Å². The van der Waals surface area contributed by atoms with E-state index in [9.17, 15) is 4.79 Å². The van der Waals surface area contributed by atoms with Gasteiger partial charge in [-0.2, -0.15) is 10.2 Å². The van der Waals surface area contributed by atoms with Crippen LogP contribution in [0.5, 0.6) is 0 Å². The van der Waals surface area contributed by atoms with E-state index in [0.29, 0.717) is 11.5 Å². The first-order valence-corrected chi connectivity index (χ1v) is 8.04.